The third-order valence-corrected chi connectivity index (χ3v) is 3.33. The monoisotopic (exact) mass is 300 g/mol. The van der Waals surface area contributed by atoms with Gasteiger partial charge in [0.05, 0.1) is 7.11 Å². The van der Waals surface area contributed by atoms with Crippen LogP contribution in [-0.2, 0) is 6.54 Å². The molecule has 0 saturated heterocycles. The summed E-state index contributed by atoms with van der Waals surface area (Å²) in [6.45, 7) is 5.67. The molecule has 0 unspecified atom stereocenters. The van der Waals surface area contributed by atoms with E-state index >= 15 is 0 Å². The highest BCUT2D eigenvalue weighted by atomic mass is 16.5. The number of benzene rings is 1. The quantitative estimate of drug-likeness (QED) is 0.729. The molecule has 2 aromatic rings. The Bertz CT molecular complexity index is 601. The van der Waals surface area contributed by atoms with Gasteiger partial charge in [0.15, 0.2) is 0 Å². The minimum atomic E-state index is 0.662. The maximum absolute atomic E-state index is 5.36. The van der Waals surface area contributed by atoms with Gasteiger partial charge in [-0.2, -0.15) is 0 Å². The van der Waals surface area contributed by atoms with Gasteiger partial charge in [0.25, 0.3) is 0 Å². The topological polar surface area (TPSA) is 59.1 Å². The molecule has 5 nitrogen and oxygen atoms in total. The van der Waals surface area contributed by atoms with Crippen molar-refractivity contribution in [3.05, 3.63) is 41.7 Å². The molecule has 0 saturated carbocycles. The second kappa shape index (κ2) is 8.22. The molecule has 0 bridgehead atoms. The maximum Gasteiger partial charge on any atom is 0.132 e. The molecule has 0 spiro atoms. The van der Waals surface area contributed by atoms with E-state index in [9.17, 15) is 0 Å². The first-order chi connectivity index (χ1) is 10.7. The Labute approximate surface area is 132 Å². The van der Waals surface area contributed by atoms with Crippen molar-refractivity contribution < 1.29 is 4.74 Å². The van der Waals surface area contributed by atoms with Crippen LogP contribution in [0.25, 0.3) is 0 Å². The lowest BCUT2D eigenvalue weighted by Gasteiger charge is -2.12. The highest BCUT2D eigenvalue weighted by molar-refractivity contribution is 5.48. The number of anilines is 2. The van der Waals surface area contributed by atoms with Crippen molar-refractivity contribution in [1.82, 2.24) is 9.97 Å². The number of aromatic nitrogens is 2. The van der Waals surface area contributed by atoms with Crippen LogP contribution in [0.5, 0.6) is 5.75 Å². The summed E-state index contributed by atoms with van der Waals surface area (Å²) in [6, 6.07) is 9.91. The molecular formula is C17H24N4O. The highest BCUT2D eigenvalue weighted by Crippen LogP contribution is 2.19. The van der Waals surface area contributed by atoms with E-state index in [0.29, 0.717) is 6.54 Å². The fourth-order valence-electron chi connectivity index (χ4n) is 2.18. The molecule has 22 heavy (non-hydrogen) atoms. The Morgan fingerprint density at radius 3 is 2.55 bits per heavy atom. The van der Waals surface area contributed by atoms with E-state index in [1.54, 1.807) is 7.11 Å². The zero-order valence-electron chi connectivity index (χ0n) is 13.5. The molecule has 2 rings (SSSR count). The highest BCUT2D eigenvalue weighted by Gasteiger charge is 2.04. The molecule has 0 aliphatic carbocycles. The number of aryl methyl sites for hydroxylation is 1. The lowest BCUT2D eigenvalue weighted by Crippen LogP contribution is -2.08. The maximum atomic E-state index is 5.36. The molecule has 0 aliphatic heterocycles. The molecular weight excluding hydrogens is 276 g/mol. The summed E-state index contributed by atoms with van der Waals surface area (Å²) in [4.78, 5) is 8.84. The number of methoxy groups -OCH3 is 1. The number of nitrogens with zero attached hydrogens (tertiary/aromatic N) is 2. The van der Waals surface area contributed by atoms with Crippen LogP contribution in [0.1, 0.15) is 31.2 Å². The van der Waals surface area contributed by atoms with Crippen molar-refractivity contribution in [3.8, 4) is 5.75 Å². The Morgan fingerprint density at radius 1 is 1.09 bits per heavy atom. The van der Waals surface area contributed by atoms with E-state index in [2.05, 4.69) is 27.5 Å². The standard InChI is InChI=1S/C17H24N4O/c1-4-5-10-18-16-11-17(21-13(2)20-16)19-12-14-8-6-7-9-15(14)22-3/h6-9,11H,4-5,10,12H2,1-3H3,(H2,18,19,20,21). The van der Waals surface area contributed by atoms with Crippen molar-refractivity contribution in [2.24, 2.45) is 0 Å². The van der Waals surface area contributed by atoms with Crippen LogP contribution in [0, 0.1) is 6.92 Å². The summed E-state index contributed by atoms with van der Waals surface area (Å²) in [6.07, 6.45) is 2.29. The largest absolute Gasteiger partial charge is 0.496 e. The van der Waals surface area contributed by atoms with E-state index in [1.165, 1.54) is 0 Å². The molecule has 1 aromatic carbocycles. The third kappa shape index (κ3) is 4.62. The second-order valence-electron chi connectivity index (χ2n) is 5.13. The average Bonchev–Trinajstić information content (AvgIpc) is 2.53. The fourth-order valence-corrected chi connectivity index (χ4v) is 2.18. The van der Waals surface area contributed by atoms with E-state index < -0.39 is 0 Å². The Hall–Kier alpha value is -2.30. The first-order valence-corrected chi connectivity index (χ1v) is 7.68. The van der Waals surface area contributed by atoms with Crippen LogP contribution in [0.3, 0.4) is 0 Å². The lowest BCUT2D eigenvalue weighted by molar-refractivity contribution is 0.410. The molecule has 0 atom stereocenters. The lowest BCUT2D eigenvalue weighted by atomic mass is 10.2. The Balaban J connectivity index is 2.03. The van der Waals surface area contributed by atoms with Gasteiger partial charge in [0, 0.05) is 24.7 Å². The summed E-state index contributed by atoms with van der Waals surface area (Å²) in [7, 11) is 1.68. The Morgan fingerprint density at radius 2 is 1.82 bits per heavy atom. The molecule has 0 radical (unpaired) electrons. The molecule has 5 heteroatoms. The van der Waals surface area contributed by atoms with Gasteiger partial charge in [-0.15, -0.1) is 0 Å². The van der Waals surface area contributed by atoms with Crippen molar-refractivity contribution in [1.29, 1.82) is 0 Å². The van der Waals surface area contributed by atoms with Crippen LogP contribution < -0.4 is 15.4 Å². The minimum absolute atomic E-state index is 0.662. The van der Waals surface area contributed by atoms with Gasteiger partial charge in [-0.1, -0.05) is 31.5 Å². The predicted octanol–water partition coefficient (Wildman–Crippen LogP) is 3.62. The number of hydrogen-bond donors (Lipinski definition) is 2. The molecule has 118 valence electrons. The summed E-state index contributed by atoms with van der Waals surface area (Å²) < 4.78 is 5.36. The first-order valence-electron chi connectivity index (χ1n) is 7.68. The summed E-state index contributed by atoms with van der Waals surface area (Å²) in [5.41, 5.74) is 1.10. The van der Waals surface area contributed by atoms with Gasteiger partial charge in [-0.25, -0.2) is 9.97 Å². The van der Waals surface area contributed by atoms with Gasteiger partial charge in [0.1, 0.15) is 23.2 Å². The number of rotatable bonds is 8. The molecule has 1 aromatic heterocycles. The van der Waals surface area contributed by atoms with Crippen molar-refractivity contribution in [2.45, 2.75) is 33.2 Å². The van der Waals surface area contributed by atoms with E-state index in [1.807, 2.05) is 37.3 Å². The van der Waals surface area contributed by atoms with Gasteiger partial charge >= 0.3 is 0 Å². The summed E-state index contributed by atoms with van der Waals surface area (Å²) >= 11 is 0. The smallest absolute Gasteiger partial charge is 0.132 e. The van der Waals surface area contributed by atoms with Crippen molar-refractivity contribution >= 4 is 11.6 Å². The van der Waals surface area contributed by atoms with Crippen LogP contribution in [0.4, 0.5) is 11.6 Å². The van der Waals surface area contributed by atoms with Gasteiger partial charge in [0.2, 0.25) is 0 Å². The predicted molar refractivity (Wildman–Crippen MR) is 90.5 cm³/mol. The fraction of sp³-hybridized carbons (Fsp3) is 0.412. The summed E-state index contributed by atoms with van der Waals surface area (Å²) in [5, 5.41) is 6.67. The number of nitrogens with one attached hydrogen (secondary N) is 2. The molecule has 1 heterocycles. The number of para-hydroxylation sites is 1. The zero-order chi connectivity index (χ0) is 15.8. The molecule has 0 amide bonds. The molecule has 2 N–H and O–H groups in total. The van der Waals surface area contributed by atoms with Crippen molar-refractivity contribution in [3.63, 3.8) is 0 Å². The Kier molecular flexibility index (Phi) is 6.01. The average molecular weight is 300 g/mol. The third-order valence-electron chi connectivity index (χ3n) is 3.33. The normalized spacial score (nSPS) is 10.3. The summed E-state index contributed by atoms with van der Waals surface area (Å²) in [5.74, 6) is 3.31. The van der Waals surface area contributed by atoms with E-state index in [0.717, 1.165) is 48.2 Å². The van der Waals surface area contributed by atoms with E-state index in [4.69, 9.17) is 4.74 Å². The van der Waals surface area contributed by atoms with Crippen LogP contribution >= 0.6 is 0 Å². The number of unbranched alkanes of at least 4 members (excludes halogenated alkanes) is 1. The zero-order valence-corrected chi connectivity index (χ0v) is 13.5. The SMILES string of the molecule is CCCCNc1cc(NCc2ccccc2OC)nc(C)n1. The van der Waals surface area contributed by atoms with Crippen molar-refractivity contribution in [2.75, 3.05) is 24.3 Å². The van der Waals surface area contributed by atoms with Gasteiger partial charge in [-0.05, 0) is 19.4 Å². The number of ether oxygens (including phenoxy) is 1. The number of hydrogen-bond acceptors (Lipinski definition) is 5. The van der Waals surface area contributed by atoms with Gasteiger partial charge in [-0.3, -0.25) is 0 Å². The van der Waals surface area contributed by atoms with E-state index in [-0.39, 0.29) is 0 Å². The molecule has 0 fully saturated rings. The van der Waals surface area contributed by atoms with Gasteiger partial charge < -0.3 is 15.4 Å². The molecule has 0 aliphatic rings. The first kappa shape index (κ1) is 16.1. The van der Waals surface area contributed by atoms with Crippen LogP contribution in [0.2, 0.25) is 0 Å². The van der Waals surface area contributed by atoms with Crippen LogP contribution in [0.15, 0.2) is 30.3 Å². The van der Waals surface area contributed by atoms with Crippen LogP contribution in [-0.4, -0.2) is 23.6 Å². The minimum Gasteiger partial charge on any atom is -0.496 e. The second-order valence-corrected chi connectivity index (χ2v) is 5.13.